The quantitative estimate of drug-likeness (QED) is 0.229. The second-order valence-corrected chi connectivity index (χ2v) is 10.3. The van der Waals surface area contributed by atoms with Gasteiger partial charge in [-0.1, -0.05) is 109 Å². The van der Waals surface area contributed by atoms with Gasteiger partial charge in [-0.05, 0) is 53.3 Å². The number of fused-ring (bicyclic) bond motifs is 4. The van der Waals surface area contributed by atoms with Crippen molar-refractivity contribution in [3.05, 3.63) is 132 Å². The van der Waals surface area contributed by atoms with Gasteiger partial charge in [-0.15, -0.1) is 0 Å². The van der Waals surface area contributed by atoms with Crippen LogP contribution in [-0.4, -0.2) is 15.0 Å². The van der Waals surface area contributed by atoms with Crippen molar-refractivity contribution in [3.8, 4) is 45.3 Å². The normalized spacial score (nSPS) is 12.6. The summed E-state index contributed by atoms with van der Waals surface area (Å²) in [6.45, 7) is 0. The number of para-hydroxylation sites is 1. The van der Waals surface area contributed by atoms with Crippen LogP contribution >= 0.6 is 0 Å². The predicted molar refractivity (Wildman–Crippen MR) is 166 cm³/mol. The molecule has 1 aliphatic carbocycles. The van der Waals surface area contributed by atoms with Crippen molar-refractivity contribution in [2.45, 2.75) is 12.8 Å². The summed E-state index contributed by atoms with van der Waals surface area (Å²) in [7, 11) is 0. The molecule has 5 aromatic carbocycles. The van der Waals surface area contributed by atoms with Crippen LogP contribution in [-0.2, 0) is 6.42 Å². The molecule has 194 valence electrons. The lowest BCUT2D eigenvalue weighted by Gasteiger charge is -2.18. The number of hydrogen-bond acceptors (Lipinski definition) is 4. The minimum absolute atomic E-state index is 0.627. The Labute approximate surface area is 237 Å². The first kappa shape index (κ1) is 23.5. The molecule has 0 atom stereocenters. The van der Waals surface area contributed by atoms with Gasteiger partial charge in [0.05, 0.1) is 0 Å². The Morgan fingerprint density at radius 2 is 1.22 bits per heavy atom. The number of hydrogen-bond donors (Lipinski definition) is 0. The third-order valence-electron chi connectivity index (χ3n) is 7.82. The molecule has 0 N–H and O–H groups in total. The van der Waals surface area contributed by atoms with Crippen molar-refractivity contribution in [3.63, 3.8) is 0 Å². The van der Waals surface area contributed by atoms with E-state index in [0.29, 0.717) is 17.5 Å². The second kappa shape index (κ2) is 9.68. The average Bonchev–Trinajstić information content (AvgIpc) is 3.43. The summed E-state index contributed by atoms with van der Waals surface area (Å²) >= 11 is 0. The van der Waals surface area contributed by atoms with Gasteiger partial charge in [-0.3, -0.25) is 0 Å². The highest BCUT2D eigenvalue weighted by molar-refractivity contribution is 6.15. The molecular weight excluding hydrogens is 502 g/mol. The number of benzene rings is 5. The van der Waals surface area contributed by atoms with E-state index >= 15 is 0 Å². The first-order valence-electron chi connectivity index (χ1n) is 13.9. The number of furan rings is 1. The molecule has 0 saturated carbocycles. The molecule has 2 aromatic heterocycles. The molecule has 0 bridgehead atoms. The summed E-state index contributed by atoms with van der Waals surface area (Å²) in [4.78, 5) is 15.2. The number of aromatic nitrogens is 3. The summed E-state index contributed by atoms with van der Waals surface area (Å²) in [6.07, 6.45) is 6.62. The van der Waals surface area contributed by atoms with Crippen molar-refractivity contribution in [1.29, 1.82) is 0 Å². The third kappa shape index (κ3) is 4.04. The van der Waals surface area contributed by atoms with Gasteiger partial charge in [-0.2, -0.15) is 0 Å². The molecule has 8 rings (SSSR count). The topological polar surface area (TPSA) is 51.8 Å². The van der Waals surface area contributed by atoms with Crippen molar-refractivity contribution in [2.75, 3.05) is 0 Å². The maximum Gasteiger partial charge on any atom is 0.165 e. The zero-order valence-electron chi connectivity index (χ0n) is 22.3. The van der Waals surface area contributed by atoms with Gasteiger partial charge in [0, 0.05) is 27.5 Å². The van der Waals surface area contributed by atoms with Crippen LogP contribution < -0.4 is 0 Å². The Kier molecular flexibility index (Phi) is 5.56. The van der Waals surface area contributed by atoms with Gasteiger partial charge in [0.2, 0.25) is 0 Å². The lowest BCUT2D eigenvalue weighted by atomic mass is 9.87. The van der Waals surface area contributed by atoms with E-state index in [4.69, 9.17) is 19.4 Å². The van der Waals surface area contributed by atoms with Crippen molar-refractivity contribution in [2.24, 2.45) is 0 Å². The lowest BCUT2D eigenvalue weighted by molar-refractivity contribution is 0.669. The van der Waals surface area contributed by atoms with Crippen molar-refractivity contribution < 1.29 is 4.42 Å². The van der Waals surface area contributed by atoms with Crippen LogP contribution in [0.5, 0.6) is 0 Å². The van der Waals surface area contributed by atoms with Gasteiger partial charge in [-0.25, -0.2) is 15.0 Å². The van der Waals surface area contributed by atoms with E-state index in [2.05, 4.69) is 54.6 Å². The largest absolute Gasteiger partial charge is 0.456 e. The molecule has 0 amide bonds. The van der Waals surface area contributed by atoms with Gasteiger partial charge in [0.1, 0.15) is 11.2 Å². The highest BCUT2D eigenvalue weighted by Crippen LogP contribution is 2.44. The fourth-order valence-corrected chi connectivity index (χ4v) is 5.90. The zero-order chi connectivity index (χ0) is 27.2. The fourth-order valence-electron chi connectivity index (χ4n) is 5.90. The maximum atomic E-state index is 6.36. The number of nitrogens with zero attached hydrogens (tertiary/aromatic N) is 3. The zero-order valence-corrected chi connectivity index (χ0v) is 22.3. The maximum absolute atomic E-state index is 6.36. The van der Waals surface area contributed by atoms with Crippen LogP contribution in [0, 0.1) is 0 Å². The van der Waals surface area contributed by atoms with Crippen LogP contribution in [0.15, 0.2) is 126 Å². The molecule has 7 aromatic rings. The summed E-state index contributed by atoms with van der Waals surface area (Å²) in [5, 5.41) is 2.06. The van der Waals surface area contributed by atoms with Gasteiger partial charge < -0.3 is 4.42 Å². The molecular formula is C37H25N3O. The van der Waals surface area contributed by atoms with E-state index in [1.165, 1.54) is 16.7 Å². The molecule has 41 heavy (non-hydrogen) atoms. The lowest BCUT2D eigenvalue weighted by Crippen LogP contribution is -2.02. The van der Waals surface area contributed by atoms with E-state index in [1.807, 2.05) is 72.8 Å². The smallest absolute Gasteiger partial charge is 0.165 e. The Morgan fingerprint density at radius 3 is 1.98 bits per heavy atom. The highest BCUT2D eigenvalue weighted by Gasteiger charge is 2.23. The van der Waals surface area contributed by atoms with E-state index in [0.717, 1.165) is 57.0 Å². The molecule has 1 aliphatic rings. The molecule has 2 heterocycles. The highest BCUT2D eigenvalue weighted by atomic mass is 16.3. The van der Waals surface area contributed by atoms with E-state index in [9.17, 15) is 0 Å². The number of aryl methyl sites for hydroxylation is 1. The standard InChI is InChI=1S/C37H25N3O/c1-3-13-25(14-4-1)35-38-36(26-15-5-2-6-16-26)40-37(39-35)34-29(28-20-11-17-24-12-7-8-18-27(24)28)22-23-32-33(34)30-19-9-10-21-31(30)41-32/h1-6,8-11,13-23H,7,12H2. The molecule has 0 aliphatic heterocycles. The predicted octanol–water partition coefficient (Wildman–Crippen LogP) is 9.40. The Bertz CT molecular complexity index is 2040. The second-order valence-electron chi connectivity index (χ2n) is 10.3. The van der Waals surface area contributed by atoms with Crippen LogP contribution in [0.3, 0.4) is 0 Å². The Morgan fingerprint density at radius 1 is 0.537 bits per heavy atom. The molecule has 0 fully saturated rings. The third-order valence-corrected chi connectivity index (χ3v) is 7.82. The summed E-state index contributed by atoms with van der Waals surface area (Å²) in [6, 6.07) is 39.3. The molecule has 0 saturated heterocycles. The number of rotatable bonds is 4. The minimum Gasteiger partial charge on any atom is -0.456 e. The van der Waals surface area contributed by atoms with E-state index in [-0.39, 0.29) is 0 Å². The van der Waals surface area contributed by atoms with Crippen molar-refractivity contribution >= 4 is 28.0 Å². The summed E-state index contributed by atoms with van der Waals surface area (Å²) in [5.41, 5.74) is 9.37. The Balaban J connectivity index is 1.50. The van der Waals surface area contributed by atoms with E-state index in [1.54, 1.807) is 0 Å². The average molecular weight is 528 g/mol. The van der Waals surface area contributed by atoms with Crippen LogP contribution in [0.2, 0.25) is 0 Å². The molecule has 4 heteroatoms. The molecule has 0 unspecified atom stereocenters. The van der Waals surface area contributed by atoms with Crippen LogP contribution in [0.1, 0.15) is 17.5 Å². The van der Waals surface area contributed by atoms with Crippen LogP contribution in [0.25, 0.3) is 73.3 Å². The Hall–Kier alpha value is -5.35. The van der Waals surface area contributed by atoms with Crippen molar-refractivity contribution in [1.82, 2.24) is 15.0 Å². The fraction of sp³-hybridized carbons (Fsp3) is 0.0541. The molecule has 4 nitrogen and oxygen atoms in total. The van der Waals surface area contributed by atoms with E-state index < -0.39 is 0 Å². The van der Waals surface area contributed by atoms with Gasteiger partial charge >= 0.3 is 0 Å². The first-order valence-corrected chi connectivity index (χ1v) is 13.9. The summed E-state index contributed by atoms with van der Waals surface area (Å²) in [5.74, 6) is 1.91. The van der Waals surface area contributed by atoms with Crippen LogP contribution in [0.4, 0.5) is 0 Å². The monoisotopic (exact) mass is 527 g/mol. The number of allylic oxidation sites excluding steroid dienone is 1. The first-order chi connectivity index (χ1) is 20.3. The molecule has 0 radical (unpaired) electrons. The summed E-state index contributed by atoms with van der Waals surface area (Å²) < 4.78 is 6.36. The molecule has 0 spiro atoms. The van der Waals surface area contributed by atoms with Gasteiger partial charge in [0.15, 0.2) is 17.5 Å². The minimum atomic E-state index is 0.627. The van der Waals surface area contributed by atoms with Gasteiger partial charge in [0.25, 0.3) is 0 Å². The SMILES string of the molecule is C1=Cc2c(cccc2-c2ccc3oc4ccccc4c3c2-c2nc(-c3ccccc3)nc(-c3ccccc3)n2)CC1.